The first kappa shape index (κ1) is 14.9. The normalized spacial score (nSPS) is 26.6. The Morgan fingerprint density at radius 3 is 2.70 bits per heavy atom. The number of fused-ring (bicyclic) bond motifs is 2. The van der Waals surface area contributed by atoms with Crippen LogP contribution < -0.4 is 0 Å². The molecule has 6 heteroatoms. The number of benzene rings is 1. The first-order valence-electron chi connectivity index (χ1n) is 8.02. The third-order valence-electron chi connectivity index (χ3n) is 5.22. The summed E-state index contributed by atoms with van der Waals surface area (Å²) in [5.41, 5.74) is 2.14. The highest BCUT2D eigenvalue weighted by Crippen LogP contribution is 2.56. The fraction of sp³-hybridized carbons (Fsp3) is 0.471. The van der Waals surface area contributed by atoms with Gasteiger partial charge in [-0.3, -0.25) is 4.79 Å². The molecule has 1 aromatic carbocycles. The second kappa shape index (κ2) is 5.44. The summed E-state index contributed by atoms with van der Waals surface area (Å²) in [6.07, 6.45) is 4.73. The van der Waals surface area contributed by atoms with E-state index in [1.165, 1.54) is 12.8 Å². The van der Waals surface area contributed by atoms with E-state index in [1.807, 2.05) is 19.1 Å². The van der Waals surface area contributed by atoms with Crippen molar-refractivity contribution < 1.29 is 9.90 Å². The van der Waals surface area contributed by atoms with Crippen LogP contribution >= 0.6 is 15.9 Å². The molecule has 23 heavy (non-hydrogen) atoms. The number of hydrogen-bond donors (Lipinski definition) is 2. The van der Waals surface area contributed by atoms with Gasteiger partial charge in [0.1, 0.15) is 0 Å². The third kappa shape index (κ3) is 2.49. The Morgan fingerprint density at radius 1 is 1.30 bits per heavy atom. The van der Waals surface area contributed by atoms with Crippen LogP contribution in [0, 0.1) is 24.7 Å². The van der Waals surface area contributed by atoms with Crippen LogP contribution in [-0.4, -0.2) is 16.0 Å². The molecule has 0 radical (unpaired) electrons. The first-order chi connectivity index (χ1) is 11.1. The Hall–Kier alpha value is -1.69. The molecule has 0 spiro atoms. The van der Waals surface area contributed by atoms with E-state index in [4.69, 9.17) is 0 Å². The van der Waals surface area contributed by atoms with Crippen LogP contribution in [0.4, 0.5) is 5.69 Å². The van der Waals surface area contributed by atoms with Gasteiger partial charge in [0.2, 0.25) is 5.88 Å². The zero-order valence-electron chi connectivity index (χ0n) is 12.8. The standard InChI is InChI=1S/C17H18BrN3O2/c1-8-6-11-13(7-12(8)18)19-17(23)15(11)20-21-16(22)14-9-4-2-3-5-10(9)14/h6-7,9-10,14,19,23H,2-5H2,1H3. The molecule has 0 saturated heterocycles. The maximum absolute atomic E-state index is 12.3. The van der Waals surface area contributed by atoms with E-state index in [0.29, 0.717) is 17.5 Å². The van der Waals surface area contributed by atoms with Crippen LogP contribution in [0.5, 0.6) is 5.88 Å². The zero-order valence-corrected chi connectivity index (χ0v) is 14.4. The van der Waals surface area contributed by atoms with Crippen LogP contribution in [0.2, 0.25) is 0 Å². The number of aromatic amines is 1. The zero-order chi connectivity index (χ0) is 16.1. The maximum Gasteiger partial charge on any atom is 0.268 e. The summed E-state index contributed by atoms with van der Waals surface area (Å²) in [5.74, 6) is 0.908. The van der Waals surface area contributed by atoms with Gasteiger partial charge in [0.05, 0.1) is 5.52 Å². The molecule has 2 aliphatic carbocycles. The second-order valence-electron chi connectivity index (χ2n) is 6.65. The van der Waals surface area contributed by atoms with E-state index in [1.54, 1.807) is 0 Å². The van der Waals surface area contributed by atoms with Gasteiger partial charge in [-0.1, -0.05) is 28.8 Å². The average molecular weight is 376 g/mol. The molecular formula is C17H18BrN3O2. The fourth-order valence-corrected chi connectivity index (χ4v) is 4.26. The lowest BCUT2D eigenvalue weighted by Crippen LogP contribution is -1.97. The summed E-state index contributed by atoms with van der Waals surface area (Å²) in [4.78, 5) is 15.1. The third-order valence-corrected chi connectivity index (χ3v) is 6.08. The van der Waals surface area contributed by atoms with Crippen LogP contribution in [0.1, 0.15) is 31.2 Å². The molecule has 2 aromatic rings. The quantitative estimate of drug-likeness (QED) is 0.725. The Morgan fingerprint density at radius 2 is 2.00 bits per heavy atom. The number of nitrogens with one attached hydrogen (secondary N) is 1. The summed E-state index contributed by atoms with van der Waals surface area (Å²) >= 11 is 3.46. The minimum absolute atomic E-state index is 0.0535. The van der Waals surface area contributed by atoms with Crippen LogP contribution in [0.3, 0.4) is 0 Å². The average Bonchev–Trinajstić information content (AvgIpc) is 3.18. The predicted octanol–water partition coefficient (Wildman–Crippen LogP) is 4.99. The van der Waals surface area contributed by atoms with Gasteiger partial charge in [-0.05, 0) is 49.3 Å². The lowest BCUT2D eigenvalue weighted by atomic mass is 10.0. The van der Waals surface area contributed by atoms with E-state index in [0.717, 1.165) is 33.8 Å². The van der Waals surface area contributed by atoms with Crippen molar-refractivity contribution >= 4 is 38.4 Å². The molecule has 4 rings (SSSR count). The van der Waals surface area contributed by atoms with Gasteiger partial charge in [-0.25, -0.2) is 0 Å². The topological polar surface area (TPSA) is 77.8 Å². The number of H-pyrrole nitrogens is 1. The number of amides is 1. The SMILES string of the molecule is Cc1cc2c(N=NC(=O)C3C4CCCCC43)c(O)[nH]c2cc1Br. The number of aromatic hydroxyl groups is 1. The predicted molar refractivity (Wildman–Crippen MR) is 90.9 cm³/mol. The molecule has 2 aliphatic rings. The van der Waals surface area contributed by atoms with E-state index in [2.05, 4.69) is 31.1 Å². The number of halogens is 1. The lowest BCUT2D eigenvalue weighted by Gasteiger charge is -2.04. The van der Waals surface area contributed by atoms with Crippen molar-refractivity contribution in [1.82, 2.24) is 4.98 Å². The number of aryl methyl sites for hydroxylation is 1. The number of nitrogens with zero attached hydrogens (tertiary/aromatic N) is 2. The van der Waals surface area contributed by atoms with E-state index in [-0.39, 0.29) is 17.7 Å². The number of aromatic nitrogens is 1. The molecule has 2 N–H and O–H groups in total. The van der Waals surface area contributed by atoms with Gasteiger partial charge >= 0.3 is 0 Å². The van der Waals surface area contributed by atoms with Gasteiger partial charge in [-0.15, -0.1) is 10.2 Å². The number of carbonyl (C=O) groups excluding carboxylic acids is 1. The molecule has 5 nitrogen and oxygen atoms in total. The lowest BCUT2D eigenvalue weighted by molar-refractivity contribution is -0.120. The molecule has 2 fully saturated rings. The van der Waals surface area contributed by atoms with Crippen molar-refractivity contribution in [2.75, 3.05) is 0 Å². The van der Waals surface area contributed by atoms with Gasteiger partial charge in [0, 0.05) is 15.8 Å². The van der Waals surface area contributed by atoms with Crippen molar-refractivity contribution in [2.24, 2.45) is 28.0 Å². The molecule has 1 aromatic heterocycles. The molecule has 120 valence electrons. The number of hydrogen-bond acceptors (Lipinski definition) is 3. The fourth-order valence-electron chi connectivity index (χ4n) is 3.92. The largest absolute Gasteiger partial charge is 0.493 e. The van der Waals surface area contributed by atoms with E-state index >= 15 is 0 Å². The van der Waals surface area contributed by atoms with Crippen molar-refractivity contribution in [2.45, 2.75) is 32.6 Å². The highest BCUT2D eigenvalue weighted by Gasteiger charge is 2.54. The summed E-state index contributed by atoms with van der Waals surface area (Å²) in [6.45, 7) is 1.97. The minimum Gasteiger partial charge on any atom is -0.493 e. The Labute approximate surface area is 142 Å². The van der Waals surface area contributed by atoms with E-state index < -0.39 is 0 Å². The second-order valence-corrected chi connectivity index (χ2v) is 7.50. The van der Waals surface area contributed by atoms with Gasteiger partial charge in [0.15, 0.2) is 5.69 Å². The highest BCUT2D eigenvalue weighted by atomic mass is 79.9. The number of carbonyl (C=O) groups is 1. The van der Waals surface area contributed by atoms with Crippen molar-refractivity contribution in [3.63, 3.8) is 0 Å². The smallest absolute Gasteiger partial charge is 0.268 e. The molecule has 1 heterocycles. The molecule has 2 atom stereocenters. The highest BCUT2D eigenvalue weighted by molar-refractivity contribution is 9.10. The molecule has 0 bridgehead atoms. The first-order valence-corrected chi connectivity index (χ1v) is 8.82. The molecule has 0 aliphatic heterocycles. The number of azo groups is 1. The minimum atomic E-state index is -0.135. The van der Waals surface area contributed by atoms with Crippen LogP contribution in [-0.2, 0) is 4.79 Å². The van der Waals surface area contributed by atoms with Crippen LogP contribution in [0.25, 0.3) is 10.9 Å². The maximum atomic E-state index is 12.3. The van der Waals surface area contributed by atoms with Crippen molar-refractivity contribution in [3.05, 3.63) is 22.2 Å². The van der Waals surface area contributed by atoms with Crippen LogP contribution in [0.15, 0.2) is 26.8 Å². The van der Waals surface area contributed by atoms with Gasteiger partial charge < -0.3 is 10.1 Å². The van der Waals surface area contributed by atoms with Gasteiger partial charge in [-0.2, -0.15) is 0 Å². The van der Waals surface area contributed by atoms with Gasteiger partial charge in [0.25, 0.3) is 5.91 Å². The summed E-state index contributed by atoms with van der Waals surface area (Å²) < 4.78 is 0.952. The monoisotopic (exact) mass is 375 g/mol. The molecule has 1 amide bonds. The Balaban J connectivity index is 1.61. The van der Waals surface area contributed by atoms with E-state index in [9.17, 15) is 9.90 Å². The Bertz CT molecular complexity index is 815. The summed E-state index contributed by atoms with van der Waals surface area (Å²) in [5, 5.41) is 18.8. The van der Waals surface area contributed by atoms with Crippen molar-refractivity contribution in [1.29, 1.82) is 0 Å². The molecular weight excluding hydrogens is 358 g/mol. The Kier molecular flexibility index (Phi) is 3.52. The summed E-state index contributed by atoms with van der Waals surface area (Å²) in [7, 11) is 0. The molecule has 2 saturated carbocycles. The van der Waals surface area contributed by atoms with Crippen molar-refractivity contribution in [3.8, 4) is 5.88 Å². The number of rotatable bonds is 2. The molecule has 2 unspecified atom stereocenters. The summed E-state index contributed by atoms with van der Waals surface area (Å²) in [6, 6.07) is 3.81.